The van der Waals surface area contributed by atoms with Crippen LogP contribution >= 0.6 is 0 Å². The lowest BCUT2D eigenvalue weighted by Crippen LogP contribution is -2.03. The van der Waals surface area contributed by atoms with E-state index in [1.54, 1.807) is 12.4 Å². The van der Waals surface area contributed by atoms with Crippen LogP contribution in [-0.2, 0) is 6.42 Å². The van der Waals surface area contributed by atoms with Crippen LogP contribution in [0, 0.1) is 0 Å². The van der Waals surface area contributed by atoms with Crippen LogP contribution in [0.2, 0.25) is 0 Å². The lowest BCUT2D eigenvalue weighted by molar-refractivity contribution is 0.178. The number of benzene rings is 1. The number of hydrogen-bond donors (Lipinski definition) is 1. The summed E-state index contributed by atoms with van der Waals surface area (Å²) in [6, 6.07) is 11.5. The molecule has 0 bridgehead atoms. The van der Waals surface area contributed by atoms with E-state index in [0.717, 1.165) is 23.3 Å². The third kappa shape index (κ3) is 4.07. The van der Waals surface area contributed by atoms with Crippen molar-refractivity contribution >= 4 is 0 Å². The zero-order valence-corrected chi connectivity index (χ0v) is 11.1. The van der Waals surface area contributed by atoms with Gasteiger partial charge in [0, 0.05) is 18.8 Å². The Labute approximate surface area is 113 Å². The molecule has 2 rings (SSSR count). The van der Waals surface area contributed by atoms with Crippen molar-refractivity contribution in [2.45, 2.75) is 25.9 Å². The van der Waals surface area contributed by atoms with Gasteiger partial charge in [-0.1, -0.05) is 19.1 Å². The Balaban J connectivity index is 2.04. The summed E-state index contributed by atoms with van der Waals surface area (Å²) in [5, 5.41) is 10.2. The van der Waals surface area contributed by atoms with Crippen LogP contribution in [0.15, 0.2) is 48.8 Å². The molecule has 1 heterocycles. The normalized spacial score (nSPS) is 12.1. The highest BCUT2D eigenvalue weighted by molar-refractivity contribution is 5.30. The minimum Gasteiger partial charge on any atom is -0.494 e. The lowest BCUT2D eigenvalue weighted by Gasteiger charge is -2.13. The van der Waals surface area contributed by atoms with Gasteiger partial charge < -0.3 is 9.84 Å². The molecule has 0 aliphatic carbocycles. The highest BCUT2D eigenvalue weighted by atomic mass is 16.5. The number of hydrogen-bond acceptors (Lipinski definition) is 3. The molecule has 1 aromatic heterocycles. The molecular weight excluding hydrogens is 238 g/mol. The summed E-state index contributed by atoms with van der Waals surface area (Å²) in [5.41, 5.74) is 1.95. The molecule has 0 saturated carbocycles. The summed E-state index contributed by atoms with van der Waals surface area (Å²) >= 11 is 0. The van der Waals surface area contributed by atoms with Gasteiger partial charge >= 0.3 is 0 Å². The molecule has 0 aliphatic rings. The predicted molar refractivity (Wildman–Crippen MR) is 75.1 cm³/mol. The largest absolute Gasteiger partial charge is 0.494 e. The van der Waals surface area contributed by atoms with Crippen molar-refractivity contribution in [3.05, 3.63) is 59.9 Å². The van der Waals surface area contributed by atoms with Gasteiger partial charge in [0.15, 0.2) is 0 Å². The third-order valence-electron chi connectivity index (χ3n) is 2.89. The van der Waals surface area contributed by atoms with Gasteiger partial charge in [-0.25, -0.2) is 0 Å². The van der Waals surface area contributed by atoms with E-state index < -0.39 is 6.10 Å². The first-order valence-corrected chi connectivity index (χ1v) is 6.59. The van der Waals surface area contributed by atoms with Crippen molar-refractivity contribution in [2.75, 3.05) is 6.61 Å². The summed E-state index contributed by atoms with van der Waals surface area (Å²) in [4.78, 5) is 3.97. The fraction of sp³-hybridized carbons (Fsp3) is 0.312. The van der Waals surface area contributed by atoms with Gasteiger partial charge in [0.1, 0.15) is 5.75 Å². The second-order valence-corrected chi connectivity index (χ2v) is 4.50. The van der Waals surface area contributed by atoms with Gasteiger partial charge in [0.05, 0.1) is 12.7 Å². The Hall–Kier alpha value is -1.87. The molecule has 0 amide bonds. The van der Waals surface area contributed by atoms with E-state index in [2.05, 4.69) is 11.9 Å². The van der Waals surface area contributed by atoms with Crippen LogP contribution in [0.3, 0.4) is 0 Å². The molecular formula is C16H19NO2. The number of rotatable bonds is 6. The standard InChI is InChI=1S/C16H19NO2/c1-2-10-19-15-5-3-4-14(12-15)16(18)11-13-6-8-17-9-7-13/h3-9,12,16,18H,2,10-11H2,1H3. The molecule has 3 nitrogen and oxygen atoms in total. The number of aliphatic hydroxyl groups is 1. The molecule has 1 aromatic carbocycles. The molecule has 0 radical (unpaired) electrons. The predicted octanol–water partition coefficient (Wildman–Crippen LogP) is 3.15. The summed E-state index contributed by atoms with van der Waals surface area (Å²) in [6.45, 7) is 2.77. The van der Waals surface area contributed by atoms with E-state index in [1.807, 2.05) is 36.4 Å². The van der Waals surface area contributed by atoms with E-state index >= 15 is 0 Å². The number of aliphatic hydroxyl groups excluding tert-OH is 1. The smallest absolute Gasteiger partial charge is 0.119 e. The lowest BCUT2D eigenvalue weighted by atomic mass is 10.0. The molecule has 0 saturated heterocycles. The molecule has 0 aliphatic heterocycles. The average Bonchev–Trinajstić information content (AvgIpc) is 2.46. The van der Waals surface area contributed by atoms with Crippen molar-refractivity contribution in [3.63, 3.8) is 0 Å². The highest BCUT2D eigenvalue weighted by Crippen LogP contribution is 2.22. The average molecular weight is 257 g/mol. The molecule has 0 fully saturated rings. The molecule has 100 valence electrons. The minimum absolute atomic E-state index is 0.521. The second-order valence-electron chi connectivity index (χ2n) is 4.50. The molecule has 1 atom stereocenters. The summed E-state index contributed by atoms with van der Waals surface area (Å²) < 4.78 is 5.58. The van der Waals surface area contributed by atoms with Crippen LogP contribution in [0.1, 0.15) is 30.6 Å². The Morgan fingerprint density at radius 2 is 2.00 bits per heavy atom. The first kappa shape index (κ1) is 13.6. The molecule has 2 aromatic rings. The van der Waals surface area contributed by atoms with Gasteiger partial charge in [-0.15, -0.1) is 0 Å². The van der Waals surface area contributed by atoms with Crippen molar-refractivity contribution in [1.29, 1.82) is 0 Å². The van der Waals surface area contributed by atoms with Crippen LogP contribution in [0.4, 0.5) is 0 Å². The fourth-order valence-electron chi connectivity index (χ4n) is 1.89. The maximum atomic E-state index is 10.2. The highest BCUT2D eigenvalue weighted by Gasteiger charge is 2.09. The third-order valence-corrected chi connectivity index (χ3v) is 2.89. The molecule has 0 spiro atoms. The topological polar surface area (TPSA) is 42.4 Å². The van der Waals surface area contributed by atoms with E-state index in [0.29, 0.717) is 13.0 Å². The van der Waals surface area contributed by atoms with Crippen LogP contribution in [-0.4, -0.2) is 16.7 Å². The first-order valence-electron chi connectivity index (χ1n) is 6.59. The van der Waals surface area contributed by atoms with Gasteiger partial charge in [0.2, 0.25) is 0 Å². The van der Waals surface area contributed by atoms with Gasteiger partial charge in [-0.3, -0.25) is 4.98 Å². The van der Waals surface area contributed by atoms with Gasteiger partial charge in [-0.2, -0.15) is 0 Å². The number of nitrogens with zero attached hydrogens (tertiary/aromatic N) is 1. The minimum atomic E-state index is -0.521. The van der Waals surface area contributed by atoms with E-state index in [-0.39, 0.29) is 0 Å². The van der Waals surface area contributed by atoms with Crippen LogP contribution in [0.5, 0.6) is 5.75 Å². The van der Waals surface area contributed by atoms with Crippen molar-refractivity contribution in [3.8, 4) is 5.75 Å². The van der Waals surface area contributed by atoms with Gasteiger partial charge in [0.25, 0.3) is 0 Å². The molecule has 1 unspecified atom stereocenters. The Kier molecular flexibility index (Phi) is 4.93. The first-order chi connectivity index (χ1) is 9.29. The van der Waals surface area contributed by atoms with E-state index in [1.165, 1.54) is 0 Å². The Bertz CT molecular complexity index is 499. The van der Waals surface area contributed by atoms with E-state index in [4.69, 9.17) is 4.74 Å². The quantitative estimate of drug-likeness (QED) is 0.864. The summed E-state index contributed by atoms with van der Waals surface area (Å²) in [7, 11) is 0. The molecule has 3 heteroatoms. The Morgan fingerprint density at radius 1 is 1.21 bits per heavy atom. The van der Waals surface area contributed by atoms with Gasteiger partial charge in [-0.05, 0) is 41.8 Å². The molecule has 1 N–H and O–H groups in total. The maximum Gasteiger partial charge on any atom is 0.119 e. The zero-order chi connectivity index (χ0) is 13.5. The Morgan fingerprint density at radius 3 is 2.74 bits per heavy atom. The monoisotopic (exact) mass is 257 g/mol. The maximum absolute atomic E-state index is 10.2. The summed E-state index contributed by atoms with van der Waals surface area (Å²) in [6.07, 6.45) is 4.52. The summed E-state index contributed by atoms with van der Waals surface area (Å²) in [5.74, 6) is 0.813. The second kappa shape index (κ2) is 6.90. The SMILES string of the molecule is CCCOc1cccc(C(O)Cc2ccncc2)c1. The van der Waals surface area contributed by atoms with Crippen molar-refractivity contribution in [1.82, 2.24) is 4.98 Å². The number of pyridine rings is 1. The number of aromatic nitrogens is 1. The van der Waals surface area contributed by atoms with Crippen molar-refractivity contribution < 1.29 is 9.84 Å². The fourth-order valence-corrected chi connectivity index (χ4v) is 1.89. The zero-order valence-electron chi connectivity index (χ0n) is 11.1. The van der Waals surface area contributed by atoms with Crippen LogP contribution in [0.25, 0.3) is 0 Å². The van der Waals surface area contributed by atoms with Crippen molar-refractivity contribution in [2.24, 2.45) is 0 Å². The molecule has 19 heavy (non-hydrogen) atoms. The van der Waals surface area contributed by atoms with Crippen LogP contribution < -0.4 is 4.74 Å². The number of ether oxygens (including phenoxy) is 1. The van der Waals surface area contributed by atoms with E-state index in [9.17, 15) is 5.11 Å².